The molecule has 0 atom stereocenters. The Labute approximate surface area is 78.2 Å². The van der Waals surface area contributed by atoms with E-state index in [1.54, 1.807) is 0 Å². The summed E-state index contributed by atoms with van der Waals surface area (Å²) in [7, 11) is 1.50. The topological polar surface area (TPSA) is 43.3 Å². The van der Waals surface area contributed by atoms with Crippen LogP contribution in [-0.4, -0.2) is 16.4 Å². The summed E-state index contributed by atoms with van der Waals surface area (Å²) >= 11 is 0. The van der Waals surface area contributed by atoms with Gasteiger partial charge < -0.3 is 10.1 Å². The SMILES string of the molecule is CN.Cc1cn2cccc(C)c2n1. The van der Waals surface area contributed by atoms with Gasteiger partial charge in [-0.25, -0.2) is 4.98 Å². The first-order valence-corrected chi connectivity index (χ1v) is 4.26. The minimum Gasteiger partial charge on any atom is -0.333 e. The average Bonchev–Trinajstić information content (AvgIpc) is 2.51. The molecule has 2 rings (SSSR count). The highest BCUT2D eigenvalue weighted by Gasteiger charge is 1.97. The molecule has 0 saturated carbocycles. The van der Waals surface area contributed by atoms with Gasteiger partial charge in [0, 0.05) is 12.4 Å². The zero-order chi connectivity index (χ0) is 9.84. The third-order valence-electron chi connectivity index (χ3n) is 1.80. The molecule has 0 aliphatic rings. The standard InChI is InChI=1S/C9H10N2.CH5N/c1-7-4-3-5-11-6-8(2)10-9(7)11;1-2/h3-6H,1-2H3;2H2,1H3. The minimum absolute atomic E-state index is 1.06. The van der Waals surface area contributed by atoms with Gasteiger partial charge in [0.1, 0.15) is 5.65 Å². The largest absolute Gasteiger partial charge is 0.333 e. The number of hydrogen-bond acceptors (Lipinski definition) is 2. The Kier molecular flexibility index (Phi) is 3.03. The van der Waals surface area contributed by atoms with E-state index < -0.39 is 0 Å². The van der Waals surface area contributed by atoms with Crippen molar-refractivity contribution < 1.29 is 0 Å². The fraction of sp³-hybridized carbons (Fsp3) is 0.300. The van der Waals surface area contributed by atoms with Crippen LogP contribution in [0, 0.1) is 13.8 Å². The van der Waals surface area contributed by atoms with E-state index in [2.05, 4.69) is 23.7 Å². The van der Waals surface area contributed by atoms with Gasteiger partial charge in [-0.05, 0) is 32.5 Å². The third-order valence-corrected chi connectivity index (χ3v) is 1.80. The number of nitrogens with zero attached hydrogens (tertiary/aromatic N) is 2. The van der Waals surface area contributed by atoms with Gasteiger partial charge >= 0.3 is 0 Å². The highest BCUT2D eigenvalue weighted by atomic mass is 15.0. The van der Waals surface area contributed by atoms with Crippen molar-refractivity contribution in [3.8, 4) is 0 Å². The van der Waals surface area contributed by atoms with Gasteiger partial charge in [0.05, 0.1) is 5.69 Å². The molecule has 2 aromatic rings. The molecule has 0 amide bonds. The van der Waals surface area contributed by atoms with Crippen molar-refractivity contribution >= 4 is 5.65 Å². The monoisotopic (exact) mass is 177 g/mol. The molecule has 0 aliphatic carbocycles. The summed E-state index contributed by atoms with van der Waals surface area (Å²) in [5.74, 6) is 0. The molecule has 13 heavy (non-hydrogen) atoms. The van der Waals surface area contributed by atoms with Crippen molar-refractivity contribution in [3.63, 3.8) is 0 Å². The van der Waals surface area contributed by atoms with E-state index in [4.69, 9.17) is 0 Å². The molecule has 0 saturated heterocycles. The zero-order valence-corrected chi connectivity index (χ0v) is 8.28. The molecule has 0 aromatic carbocycles. The summed E-state index contributed by atoms with van der Waals surface area (Å²) < 4.78 is 2.05. The summed E-state index contributed by atoms with van der Waals surface area (Å²) in [6.45, 7) is 4.08. The Balaban J connectivity index is 0.000000396. The van der Waals surface area contributed by atoms with E-state index in [0.717, 1.165) is 11.3 Å². The van der Waals surface area contributed by atoms with Crippen LogP contribution in [0.2, 0.25) is 0 Å². The average molecular weight is 177 g/mol. The normalized spacial score (nSPS) is 9.54. The number of rotatable bonds is 0. The molecule has 0 unspecified atom stereocenters. The second kappa shape index (κ2) is 4.05. The van der Waals surface area contributed by atoms with Gasteiger partial charge in [0.25, 0.3) is 0 Å². The second-order valence-electron chi connectivity index (χ2n) is 2.80. The molecule has 0 bridgehead atoms. The van der Waals surface area contributed by atoms with E-state index in [0.29, 0.717) is 0 Å². The second-order valence-corrected chi connectivity index (χ2v) is 2.80. The number of imidazole rings is 1. The molecule has 0 aliphatic heterocycles. The predicted molar refractivity (Wildman–Crippen MR) is 54.8 cm³/mol. The van der Waals surface area contributed by atoms with Crippen LogP contribution in [0.5, 0.6) is 0 Å². The summed E-state index contributed by atoms with van der Waals surface area (Å²) in [5, 5.41) is 0. The molecule has 3 heteroatoms. The first-order chi connectivity index (χ1) is 6.27. The maximum atomic E-state index is 4.50. The Morgan fingerprint density at radius 1 is 1.31 bits per heavy atom. The molecule has 2 aromatic heterocycles. The van der Waals surface area contributed by atoms with Crippen LogP contribution < -0.4 is 5.73 Å². The Morgan fingerprint density at radius 2 is 2.00 bits per heavy atom. The Bertz CT molecular complexity index is 390. The van der Waals surface area contributed by atoms with E-state index in [-0.39, 0.29) is 0 Å². The molecular weight excluding hydrogens is 162 g/mol. The number of fused-ring (bicyclic) bond motifs is 1. The number of aryl methyl sites for hydroxylation is 2. The van der Waals surface area contributed by atoms with Crippen molar-refractivity contribution in [3.05, 3.63) is 35.8 Å². The minimum atomic E-state index is 1.06. The van der Waals surface area contributed by atoms with Crippen LogP contribution in [0.3, 0.4) is 0 Å². The van der Waals surface area contributed by atoms with Crippen molar-refractivity contribution in [2.75, 3.05) is 7.05 Å². The molecule has 2 N–H and O–H groups in total. The van der Waals surface area contributed by atoms with Crippen molar-refractivity contribution in [1.29, 1.82) is 0 Å². The number of aromatic nitrogens is 2. The lowest BCUT2D eigenvalue weighted by molar-refractivity contribution is 1.16. The molecular formula is C10H15N3. The Hall–Kier alpha value is -1.35. The first kappa shape index (κ1) is 9.74. The Morgan fingerprint density at radius 3 is 2.62 bits per heavy atom. The molecule has 0 spiro atoms. The van der Waals surface area contributed by atoms with Crippen LogP contribution in [0.15, 0.2) is 24.5 Å². The highest BCUT2D eigenvalue weighted by molar-refractivity contribution is 5.47. The van der Waals surface area contributed by atoms with E-state index in [1.165, 1.54) is 12.6 Å². The summed E-state index contributed by atoms with van der Waals surface area (Å²) in [6.07, 6.45) is 4.05. The van der Waals surface area contributed by atoms with Gasteiger partial charge in [-0.2, -0.15) is 0 Å². The van der Waals surface area contributed by atoms with Gasteiger partial charge in [-0.15, -0.1) is 0 Å². The van der Waals surface area contributed by atoms with Crippen LogP contribution in [0.25, 0.3) is 5.65 Å². The quantitative estimate of drug-likeness (QED) is 0.663. The number of pyridine rings is 1. The van der Waals surface area contributed by atoms with Crippen molar-refractivity contribution in [2.24, 2.45) is 5.73 Å². The van der Waals surface area contributed by atoms with Crippen LogP contribution in [0.1, 0.15) is 11.3 Å². The van der Waals surface area contributed by atoms with Gasteiger partial charge in [0.15, 0.2) is 0 Å². The van der Waals surface area contributed by atoms with E-state index in [9.17, 15) is 0 Å². The van der Waals surface area contributed by atoms with Crippen LogP contribution >= 0.6 is 0 Å². The predicted octanol–water partition coefficient (Wildman–Crippen LogP) is 1.53. The molecule has 0 fully saturated rings. The fourth-order valence-electron chi connectivity index (χ4n) is 1.28. The zero-order valence-electron chi connectivity index (χ0n) is 8.28. The number of hydrogen-bond donors (Lipinski definition) is 1. The molecule has 70 valence electrons. The highest BCUT2D eigenvalue weighted by Crippen LogP contribution is 2.08. The van der Waals surface area contributed by atoms with Gasteiger partial charge in [-0.1, -0.05) is 6.07 Å². The van der Waals surface area contributed by atoms with Crippen LogP contribution in [-0.2, 0) is 0 Å². The van der Waals surface area contributed by atoms with Crippen molar-refractivity contribution in [1.82, 2.24) is 9.38 Å². The van der Waals surface area contributed by atoms with Crippen molar-refractivity contribution in [2.45, 2.75) is 13.8 Å². The van der Waals surface area contributed by atoms with Gasteiger partial charge in [0.2, 0.25) is 0 Å². The van der Waals surface area contributed by atoms with Crippen LogP contribution in [0.4, 0.5) is 0 Å². The van der Waals surface area contributed by atoms with E-state index >= 15 is 0 Å². The molecule has 2 heterocycles. The number of nitrogens with two attached hydrogens (primary N) is 1. The fourth-order valence-corrected chi connectivity index (χ4v) is 1.28. The smallest absolute Gasteiger partial charge is 0.139 e. The first-order valence-electron chi connectivity index (χ1n) is 4.26. The van der Waals surface area contributed by atoms with E-state index in [1.807, 2.05) is 29.8 Å². The summed E-state index contributed by atoms with van der Waals surface area (Å²) in [4.78, 5) is 4.38. The third kappa shape index (κ3) is 1.87. The summed E-state index contributed by atoms with van der Waals surface area (Å²) in [5.41, 5.74) is 7.85. The van der Waals surface area contributed by atoms with Gasteiger partial charge in [-0.3, -0.25) is 0 Å². The summed E-state index contributed by atoms with van der Waals surface area (Å²) in [6, 6.07) is 4.10. The molecule has 3 nitrogen and oxygen atoms in total. The maximum absolute atomic E-state index is 4.50. The maximum Gasteiger partial charge on any atom is 0.139 e. The lowest BCUT2D eigenvalue weighted by atomic mass is 10.3. The lowest BCUT2D eigenvalue weighted by Gasteiger charge is -1.93. The lowest BCUT2D eigenvalue weighted by Crippen LogP contribution is -1.83. The molecule has 0 radical (unpaired) electrons.